The number of rotatable bonds is 7. The molecule has 1 aliphatic carbocycles. The second kappa shape index (κ2) is 6.35. The topological polar surface area (TPSA) is 63.2 Å². The largest absolute Gasteiger partial charge is 0.482 e. The molecule has 0 spiro atoms. The zero-order valence-corrected chi connectivity index (χ0v) is 10.6. The summed E-state index contributed by atoms with van der Waals surface area (Å²) in [5.74, 6) is 1.24. The minimum Gasteiger partial charge on any atom is -0.482 e. The van der Waals surface area contributed by atoms with Crippen LogP contribution in [-0.2, 0) is 11.3 Å². The number of ether oxygens (including phenoxy) is 1. The fraction of sp³-hybridized carbons (Fsp3) is 0.538. The van der Waals surface area contributed by atoms with Crippen LogP contribution in [0.1, 0.15) is 18.5 Å². The van der Waals surface area contributed by atoms with Crippen LogP contribution in [0.5, 0.6) is 5.75 Å². The van der Waals surface area contributed by atoms with E-state index in [4.69, 9.17) is 4.74 Å². The van der Waals surface area contributed by atoms with E-state index in [1.54, 1.807) is 6.20 Å². The Labute approximate surface area is 107 Å². The molecule has 5 nitrogen and oxygen atoms in total. The first kappa shape index (κ1) is 12.8. The lowest BCUT2D eigenvalue weighted by molar-refractivity contribution is -0.123. The van der Waals surface area contributed by atoms with Gasteiger partial charge in [-0.25, -0.2) is 0 Å². The van der Waals surface area contributed by atoms with Crippen LogP contribution in [0.15, 0.2) is 18.3 Å². The lowest BCUT2D eigenvalue weighted by atomic mass is 10.3. The summed E-state index contributed by atoms with van der Waals surface area (Å²) in [6.45, 7) is 1.56. The maximum absolute atomic E-state index is 11.5. The van der Waals surface area contributed by atoms with Crippen molar-refractivity contribution in [1.29, 1.82) is 0 Å². The molecule has 1 aromatic rings. The van der Waals surface area contributed by atoms with Gasteiger partial charge in [0.25, 0.3) is 5.91 Å². The van der Waals surface area contributed by atoms with E-state index in [1.807, 2.05) is 19.2 Å². The van der Waals surface area contributed by atoms with Gasteiger partial charge in [0.1, 0.15) is 5.75 Å². The van der Waals surface area contributed by atoms with E-state index in [9.17, 15) is 4.79 Å². The lowest BCUT2D eigenvalue weighted by Crippen LogP contribution is -2.30. The summed E-state index contributed by atoms with van der Waals surface area (Å²) in [6, 6.07) is 3.71. The van der Waals surface area contributed by atoms with Crippen molar-refractivity contribution in [1.82, 2.24) is 15.6 Å². The summed E-state index contributed by atoms with van der Waals surface area (Å²) >= 11 is 0. The second-order valence-electron chi connectivity index (χ2n) is 4.55. The van der Waals surface area contributed by atoms with E-state index in [2.05, 4.69) is 15.6 Å². The molecular formula is C13H19N3O2. The molecule has 0 saturated heterocycles. The Balaban J connectivity index is 1.69. The SMILES string of the molecule is CNCc1ccc(OCC(=O)NCC2CC2)cn1. The average Bonchev–Trinajstić information content (AvgIpc) is 3.20. The van der Waals surface area contributed by atoms with Crippen LogP contribution in [0.4, 0.5) is 0 Å². The quantitative estimate of drug-likeness (QED) is 0.747. The van der Waals surface area contributed by atoms with Crippen molar-refractivity contribution in [3.8, 4) is 5.75 Å². The second-order valence-corrected chi connectivity index (χ2v) is 4.55. The molecule has 0 bridgehead atoms. The summed E-state index contributed by atoms with van der Waals surface area (Å²) in [6.07, 6.45) is 4.11. The van der Waals surface area contributed by atoms with Crippen LogP contribution in [0, 0.1) is 5.92 Å². The molecule has 1 saturated carbocycles. The predicted molar refractivity (Wildman–Crippen MR) is 68.2 cm³/mol. The normalized spacial score (nSPS) is 14.3. The minimum atomic E-state index is -0.0683. The first-order valence-corrected chi connectivity index (χ1v) is 6.27. The van der Waals surface area contributed by atoms with Crippen molar-refractivity contribution in [2.45, 2.75) is 19.4 Å². The summed E-state index contributed by atoms with van der Waals surface area (Å²) in [5, 5.41) is 5.87. The molecule has 98 valence electrons. The third-order valence-corrected chi connectivity index (χ3v) is 2.81. The molecule has 1 amide bonds. The molecule has 1 heterocycles. The van der Waals surface area contributed by atoms with Crippen LogP contribution in [0.3, 0.4) is 0 Å². The highest BCUT2D eigenvalue weighted by atomic mass is 16.5. The average molecular weight is 249 g/mol. The Morgan fingerprint density at radius 1 is 1.50 bits per heavy atom. The Morgan fingerprint density at radius 2 is 2.33 bits per heavy atom. The number of pyridine rings is 1. The highest BCUT2D eigenvalue weighted by Crippen LogP contribution is 2.27. The van der Waals surface area contributed by atoms with E-state index < -0.39 is 0 Å². The molecule has 0 atom stereocenters. The van der Waals surface area contributed by atoms with Gasteiger partial charge in [0.2, 0.25) is 0 Å². The number of nitrogens with one attached hydrogen (secondary N) is 2. The molecule has 1 aliphatic rings. The highest BCUT2D eigenvalue weighted by Gasteiger charge is 2.21. The Bertz CT molecular complexity index is 388. The van der Waals surface area contributed by atoms with Gasteiger partial charge in [-0.1, -0.05) is 0 Å². The van der Waals surface area contributed by atoms with Gasteiger partial charge < -0.3 is 15.4 Å². The molecule has 2 rings (SSSR count). The number of carbonyl (C=O) groups is 1. The Morgan fingerprint density at radius 3 is 2.94 bits per heavy atom. The third kappa shape index (κ3) is 4.33. The molecular weight excluding hydrogens is 230 g/mol. The van der Waals surface area contributed by atoms with Crippen LogP contribution in [-0.4, -0.2) is 31.1 Å². The maximum Gasteiger partial charge on any atom is 0.257 e. The monoisotopic (exact) mass is 249 g/mol. The first-order valence-electron chi connectivity index (χ1n) is 6.27. The van der Waals surface area contributed by atoms with Gasteiger partial charge in [0, 0.05) is 13.1 Å². The first-order chi connectivity index (χ1) is 8.78. The van der Waals surface area contributed by atoms with E-state index in [1.165, 1.54) is 12.8 Å². The van der Waals surface area contributed by atoms with Gasteiger partial charge in [0.15, 0.2) is 6.61 Å². The molecule has 0 radical (unpaired) electrons. The number of aromatic nitrogens is 1. The van der Waals surface area contributed by atoms with E-state index in [-0.39, 0.29) is 12.5 Å². The van der Waals surface area contributed by atoms with Crippen LogP contribution in [0.25, 0.3) is 0 Å². The third-order valence-electron chi connectivity index (χ3n) is 2.81. The summed E-state index contributed by atoms with van der Waals surface area (Å²) in [7, 11) is 1.87. The Hall–Kier alpha value is -1.62. The van der Waals surface area contributed by atoms with Gasteiger partial charge in [-0.2, -0.15) is 0 Å². The molecule has 1 fully saturated rings. The van der Waals surface area contributed by atoms with Gasteiger partial charge in [0.05, 0.1) is 11.9 Å². The van der Waals surface area contributed by atoms with Crippen molar-refractivity contribution in [2.24, 2.45) is 5.92 Å². The molecule has 0 unspecified atom stereocenters. The van der Waals surface area contributed by atoms with E-state index in [0.29, 0.717) is 11.7 Å². The molecule has 0 aliphatic heterocycles. The van der Waals surface area contributed by atoms with Crippen LogP contribution in [0.2, 0.25) is 0 Å². The zero-order chi connectivity index (χ0) is 12.8. The number of carbonyl (C=O) groups excluding carboxylic acids is 1. The number of hydrogen-bond donors (Lipinski definition) is 2. The summed E-state index contributed by atoms with van der Waals surface area (Å²) in [5.41, 5.74) is 0.947. The minimum absolute atomic E-state index is 0.0553. The zero-order valence-electron chi connectivity index (χ0n) is 10.6. The van der Waals surface area contributed by atoms with Crippen molar-refractivity contribution in [3.05, 3.63) is 24.0 Å². The van der Waals surface area contributed by atoms with Crippen LogP contribution < -0.4 is 15.4 Å². The van der Waals surface area contributed by atoms with Crippen molar-refractivity contribution >= 4 is 5.91 Å². The standard InChI is InChI=1S/C13H19N3O2/c1-14-7-11-4-5-12(8-15-11)18-9-13(17)16-6-10-2-3-10/h4-5,8,10,14H,2-3,6-7,9H2,1H3,(H,16,17). The van der Waals surface area contributed by atoms with Gasteiger partial charge in [-0.15, -0.1) is 0 Å². The van der Waals surface area contributed by atoms with Crippen molar-refractivity contribution < 1.29 is 9.53 Å². The Kier molecular flexibility index (Phi) is 4.52. The fourth-order valence-corrected chi connectivity index (χ4v) is 1.56. The van der Waals surface area contributed by atoms with E-state index in [0.717, 1.165) is 18.8 Å². The van der Waals surface area contributed by atoms with Gasteiger partial charge in [-0.3, -0.25) is 9.78 Å². The summed E-state index contributed by atoms with van der Waals surface area (Å²) < 4.78 is 5.36. The van der Waals surface area contributed by atoms with Crippen molar-refractivity contribution in [2.75, 3.05) is 20.2 Å². The van der Waals surface area contributed by atoms with Crippen molar-refractivity contribution in [3.63, 3.8) is 0 Å². The smallest absolute Gasteiger partial charge is 0.257 e. The van der Waals surface area contributed by atoms with Crippen LogP contribution >= 0.6 is 0 Å². The molecule has 5 heteroatoms. The van der Waals surface area contributed by atoms with E-state index >= 15 is 0 Å². The van der Waals surface area contributed by atoms with Gasteiger partial charge in [-0.05, 0) is 37.9 Å². The molecule has 0 aromatic carbocycles. The highest BCUT2D eigenvalue weighted by molar-refractivity contribution is 5.77. The lowest BCUT2D eigenvalue weighted by Gasteiger charge is -2.07. The molecule has 1 aromatic heterocycles. The van der Waals surface area contributed by atoms with Gasteiger partial charge >= 0.3 is 0 Å². The number of nitrogens with zero attached hydrogens (tertiary/aromatic N) is 1. The molecule has 18 heavy (non-hydrogen) atoms. The predicted octanol–water partition coefficient (Wildman–Crippen LogP) is 0.706. The fourth-order valence-electron chi connectivity index (χ4n) is 1.56. The maximum atomic E-state index is 11.5. The number of hydrogen-bond acceptors (Lipinski definition) is 4. The molecule has 2 N–H and O–H groups in total. The summed E-state index contributed by atoms with van der Waals surface area (Å²) in [4.78, 5) is 15.7. The number of amides is 1.